The number of hydrogen-bond acceptors (Lipinski definition) is 5. The smallest absolute Gasteiger partial charge is 0.508 e. The highest BCUT2D eigenvalue weighted by molar-refractivity contribution is 5.79. The lowest BCUT2D eigenvalue weighted by Gasteiger charge is -2.46. The van der Waals surface area contributed by atoms with E-state index in [1.54, 1.807) is 23.1 Å². The Labute approximate surface area is 184 Å². The number of amides is 1. The highest BCUT2D eigenvalue weighted by atomic mass is 19.4. The predicted molar refractivity (Wildman–Crippen MR) is 112 cm³/mol. The number of phenols is 1. The van der Waals surface area contributed by atoms with E-state index in [1.807, 2.05) is 19.0 Å². The Kier molecular flexibility index (Phi) is 7.00. The number of nitrogens with zero attached hydrogens (tertiary/aromatic N) is 2. The number of halogens is 3. The number of alkyl halides is 3. The van der Waals surface area contributed by atoms with Crippen LogP contribution in [0.15, 0.2) is 48.5 Å². The topological polar surface area (TPSA) is 73.2 Å². The number of aromatic hydroxyl groups is 1. The van der Waals surface area contributed by atoms with E-state index in [0.29, 0.717) is 12.1 Å². The molecule has 0 bridgehead atoms. The highest BCUT2D eigenvalue weighted by Crippen LogP contribution is 2.39. The van der Waals surface area contributed by atoms with Crippen LogP contribution in [0.3, 0.4) is 0 Å². The molecule has 0 aliphatic carbocycles. The molecule has 0 saturated carbocycles. The van der Waals surface area contributed by atoms with Crippen LogP contribution in [0, 0.1) is 5.92 Å². The summed E-state index contributed by atoms with van der Waals surface area (Å²) in [6, 6.07) is 12.0. The second-order valence-electron chi connectivity index (χ2n) is 8.36. The van der Waals surface area contributed by atoms with E-state index < -0.39 is 17.7 Å². The number of phenolic OH excluding ortho intramolecular Hbond substituents is 1. The minimum absolute atomic E-state index is 0.0410. The molecule has 9 heteroatoms. The fourth-order valence-corrected chi connectivity index (χ4v) is 4.20. The Hall–Kier alpha value is -2.78. The summed E-state index contributed by atoms with van der Waals surface area (Å²) < 4.78 is 42.1. The fraction of sp³-hybridized carbons (Fsp3) is 0.435. The summed E-state index contributed by atoms with van der Waals surface area (Å²) >= 11 is 0. The zero-order valence-electron chi connectivity index (χ0n) is 18.0. The molecule has 2 N–H and O–H groups in total. The van der Waals surface area contributed by atoms with Crippen molar-refractivity contribution in [1.29, 1.82) is 0 Å². The van der Waals surface area contributed by atoms with E-state index >= 15 is 0 Å². The van der Waals surface area contributed by atoms with Crippen LogP contribution in [0.4, 0.5) is 13.2 Å². The maximum atomic E-state index is 13.0. The molecule has 1 amide bonds. The number of aliphatic hydroxyl groups is 1. The van der Waals surface area contributed by atoms with Gasteiger partial charge in [0.1, 0.15) is 11.5 Å². The molecule has 2 atom stereocenters. The molecule has 174 valence electrons. The first kappa shape index (κ1) is 23.9. The van der Waals surface area contributed by atoms with Gasteiger partial charge < -0.3 is 24.7 Å². The number of carbonyl (C=O) groups is 1. The molecule has 1 fully saturated rings. The van der Waals surface area contributed by atoms with Crippen LogP contribution in [-0.2, 0) is 16.8 Å². The van der Waals surface area contributed by atoms with Crippen molar-refractivity contribution in [3.63, 3.8) is 0 Å². The van der Waals surface area contributed by atoms with Crippen molar-refractivity contribution >= 4 is 5.91 Å². The third kappa shape index (κ3) is 5.72. The molecule has 0 aromatic heterocycles. The minimum Gasteiger partial charge on any atom is -0.508 e. The monoisotopic (exact) mass is 452 g/mol. The van der Waals surface area contributed by atoms with E-state index in [2.05, 4.69) is 4.74 Å². The van der Waals surface area contributed by atoms with Crippen molar-refractivity contribution in [3.8, 4) is 11.5 Å². The van der Waals surface area contributed by atoms with Crippen LogP contribution in [0.2, 0.25) is 0 Å². The molecule has 6 nitrogen and oxygen atoms in total. The van der Waals surface area contributed by atoms with Crippen molar-refractivity contribution in [1.82, 2.24) is 9.80 Å². The summed E-state index contributed by atoms with van der Waals surface area (Å²) in [5, 5.41) is 21.4. The number of likely N-dealkylation sites (tertiary alicyclic amines) is 1. The summed E-state index contributed by atoms with van der Waals surface area (Å²) in [5.41, 5.74) is -0.537. The summed E-state index contributed by atoms with van der Waals surface area (Å²) in [7, 11) is 3.71. The predicted octanol–water partition coefficient (Wildman–Crippen LogP) is 3.13. The van der Waals surface area contributed by atoms with Crippen molar-refractivity contribution < 1.29 is 32.9 Å². The van der Waals surface area contributed by atoms with E-state index in [-0.39, 0.29) is 49.1 Å². The molecule has 0 radical (unpaired) electrons. The number of carbonyl (C=O) groups excluding carboxylic acids is 1. The first-order valence-electron chi connectivity index (χ1n) is 10.3. The minimum atomic E-state index is -4.85. The van der Waals surface area contributed by atoms with Gasteiger partial charge in [0, 0.05) is 31.1 Å². The summed E-state index contributed by atoms with van der Waals surface area (Å²) in [4.78, 5) is 16.4. The Bertz CT molecular complexity index is 951. The zero-order valence-corrected chi connectivity index (χ0v) is 18.0. The lowest BCUT2D eigenvalue weighted by Crippen LogP contribution is -2.54. The van der Waals surface area contributed by atoms with Gasteiger partial charge in [-0.3, -0.25) is 4.79 Å². The molecule has 2 unspecified atom stereocenters. The van der Waals surface area contributed by atoms with E-state index in [0.717, 1.165) is 0 Å². The maximum Gasteiger partial charge on any atom is 0.573 e. The van der Waals surface area contributed by atoms with Gasteiger partial charge in [0.15, 0.2) is 0 Å². The van der Waals surface area contributed by atoms with Gasteiger partial charge in [0.25, 0.3) is 0 Å². The quantitative estimate of drug-likeness (QED) is 0.705. The van der Waals surface area contributed by atoms with Crippen LogP contribution in [0.25, 0.3) is 0 Å². The Morgan fingerprint density at radius 1 is 1.22 bits per heavy atom. The molecular formula is C23H27F3N2O4. The SMILES string of the molecule is CN(C)CC1CN(C(=O)Cc2ccccc2OC(F)(F)F)CCC1(O)c1cccc(O)c1. The van der Waals surface area contributed by atoms with Crippen LogP contribution >= 0.6 is 0 Å². The van der Waals surface area contributed by atoms with Crippen molar-refractivity contribution in [3.05, 3.63) is 59.7 Å². The zero-order chi connectivity index (χ0) is 23.5. The van der Waals surface area contributed by atoms with Gasteiger partial charge in [-0.2, -0.15) is 0 Å². The average Bonchev–Trinajstić information content (AvgIpc) is 2.69. The van der Waals surface area contributed by atoms with Crippen molar-refractivity contribution in [2.24, 2.45) is 5.92 Å². The number of ether oxygens (including phenoxy) is 1. The first-order chi connectivity index (χ1) is 15.0. The second kappa shape index (κ2) is 9.38. The van der Waals surface area contributed by atoms with Crippen molar-refractivity contribution in [2.75, 3.05) is 33.7 Å². The Balaban J connectivity index is 1.79. The van der Waals surface area contributed by atoms with E-state index in [9.17, 15) is 28.2 Å². The Morgan fingerprint density at radius 2 is 1.94 bits per heavy atom. The first-order valence-corrected chi connectivity index (χ1v) is 10.3. The second-order valence-corrected chi connectivity index (χ2v) is 8.36. The molecular weight excluding hydrogens is 425 g/mol. The summed E-state index contributed by atoms with van der Waals surface area (Å²) in [6.45, 7) is 0.937. The van der Waals surface area contributed by atoms with Gasteiger partial charge >= 0.3 is 6.36 Å². The van der Waals surface area contributed by atoms with Crippen LogP contribution in [0.1, 0.15) is 17.5 Å². The van der Waals surface area contributed by atoms with Crippen LogP contribution < -0.4 is 4.74 Å². The molecule has 32 heavy (non-hydrogen) atoms. The number of benzene rings is 2. The fourth-order valence-electron chi connectivity index (χ4n) is 4.20. The van der Waals surface area contributed by atoms with Gasteiger partial charge in [0.2, 0.25) is 5.91 Å². The van der Waals surface area contributed by atoms with Crippen LogP contribution in [0.5, 0.6) is 11.5 Å². The molecule has 2 aromatic rings. The Morgan fingerprint density at radius 3 is 2.59 bits per heavy atom. The third-order valence-electron chi connectivity index (χ3n) is 5.70. The summed E-state index contributed by atoms with van der Waals surface area (Å²) in [6.07, 6.45) is -4.86. The number of piperidine rings is 1. The van der Waals surface area contributed by atoms with Gasteiger partial charge in [-0.1, -0.05) is 30.3 Å². The van der Waals surface area contributed by atoms with E-state index in [1.165, 1.54) is 30.3 Å². The van der Waals surface area contributed by atoms with Gasteiger partial charge in [0.05, 0.1) is 12.0 Å². The lowest BCUT2D eigenvalue weighted by molar-refractivity contribution is -0.274. The van der Waals surface area contributed by atoms with Gasteiger partial charge in [-0.25, -0.2) is 0 Å². The highest BCUT2D eigenvalue weighted by Gasteiger charge is 2.44. The molecule has 1 heterocycles. The largest absolute Gasteiger partial charge is 0.573 e. The van der Waals surface area contributed by atoms with Gasteiger partial charge in [-0.05, 0) is 44.3 Å². The molecule has 1 aliphatic heterocycles. The van der Waals surface area contributed by atoms with Gasteiger partial charge in [-0.15, -0.1) is 13.2 Å². The third-order valence-corrected chi connectivity index (χ3v) is 5.70. The average molecular weight is 452 g/mol. The van der Waals surface area contributed by atoms with Crippen molar-refractivity contribution in [2.45, 2.75) is 24.8 Å². The molecule has 0 spiro atoms. The number of hydrogen-bond donors (Lipinski definition) is 2. The molecule has 2 aromatic carbocycles. The standard InChI is InChI=1S/C23H27F3N2O4/c1-27(2)14-18-15-28(11-10-22(18,31)17-7-5-8-19(29)13-17)21(30)12-16-6-3-4-9-20(16)32-23(24,25)26/h3-9,13,18,29,31H,10-12,14-15H2,1-2H3. The molecule has 1 saturated heterocycles. The lowest BCUT2D eigenvalue weighted by atomic mass is 9.75. The van der Waals surface area contributed by atoms with E-state index in [4.69, 9.17) is 0 Å². The molecule has 1 aliphatic rings. The summed E-state index contributed by atoms with van der Waals surface area (Å²) in [5.74, 6) is -1.06. The normalized spacial score (nSPS) is 21.6. The maximum absolute atomic E-state index is 13.0. The number of para-hydroxylation sites is 1. The number of rotatable bonds is 6. The van der Waals surface area contributed by atoms with Crippen LogP contribution in [-0.4, -0.2) is 66.0 Å². The molecule has 3 rings (SSSR count).